The lowest BCUT2D eigenvalue weighted by Crippen LogP contribution is -2.13. The number of rotatable bonds is 6. The number of phenolic OH excluding ortho intramolecular Hbond substituents is 2. The lowest BCUT2D eigenvalue weighted by atomic mass is 9.84. The number of carbonyl (C=O) groups is 2. The second kappa shape index (κ2) is 8.84. The average Bonchev–Trinajstić information content (AvgIpc) is 3.46. The van der Waals surface area contributed by atoms with Crippen LogP contribution < -0.4 is 0 Å². The summed E-state index contributed by atoms with van der Waals surface area (Å²) >= 11 is 1.40. The molecule has 3 aromatic rings. The summed E-state index contributed by atoms with van der Waals surface area (Å²) in [6, 6.07) is 3.15. The number of benzene rings is 1. The number of aromatic hydroxyl groups is 3. The zero-order valence-corrected chi connectivity index (χ0v) is 19.1. The molecule has 0 saturated heterocycles. The van der Waals surface area contributed by atoms with Crippen molar-refractivity contribution in [2.24, 2.45) is 0 Å². The fourth-order valence-corrected chi connectivity index (χ4v) is 4.89. The summed E-state index contributed by atoms with van der Waals surface area (Å²) in [5.74, 6) is -2.51. The average molecular weight is 470 g/mol. The maximum atomic E-state index is 12.4. The van der Waals surface area contributed by atoms with Crippen molar-refractivity contribution in [1.29, 1.82) is 0 Å². The Balaban J connectivity index is 1.96. The number of Topliss-reactive ketones (excluding diaryl/α,β-unsaturated/α-hetero) is 1. The minimum atomic E-state index is -0.889. The standard InChI is InChI=1S/C24H23NO7S/c1-11-21(28)19-14(8-25-11)9-32-24(19)17-6-15(12(2)26)22(29)20(23(17)30)16(7-18(27)31-3)13-4-5-33-10-13/h4-6,8,10,16,24,28-30H,7,9H2,1-3H3/t16-,24+/m1/s1. The normalized spacial score (nSPS) is 15.8. The van der Waals surface area contributed by atoms with Crippen molar-refractivity contribution >= 4 is 23.1 Å². The molecule has 0 saturated carbocycles. The lowest BCUT2D eigenvalue weighted by Gasteiger charge is -2.24. The van der Waals surface area contributed by atoms with Gasteiger partial charge in [0.05, 0.1) is 31.4 Å². The van der Waals surface area contributed by atoms with E-state index in [0.29, 0.717) is 22.4 Å². The van der Waals surface area contributed by atoms with Crippen molar-refractivity contribution in [3.05, 3.63) is 68.2 Å². The van der Waals surface area contributed by atoms with Gasteiger partial charge in [0.1, 0.15) is 23.4 Å². The van der Waals surface area contributed by atoms with Crippen molar-refractivity contribution in [2.45, 2.75) is 38.9 Å². The van der Waals surface area contributed by atoms with Crippen LogP contribution in [-0.2, 0) is 20.9 Å². The van der Waals surface area contributed by atoms with Crippen LogP contribution in [0.25, 0.3) is 0 Å². The molecule has 2 aromatic heterocycles. The first-order chi connectivity index (χ1) is 15.7. The fourth-order valence-electron chi connectivity index (χ4n) is 4.17. The maximum Gasteiger partial charge on any atom is 0.306 e. The Labute approximate surface area is 194 Å². The Morgan fingerprint density at radius 1 is 1.27 bits per heavy atom. The number of pyridine rings is 1. The molecule has 2 atom stereocenters. The third kappa shape index (κ3) is 3.94. The summed E-state index contributed by atoms with van der Waals surface area (Å²) in [4.78, 5) is 28.8. The van der Waals surface area contributed by atoms with Gasteiger partial charge in [-0.2, -0.15) is 11.3 Å². The van der Waals surface area contributed by atoms with Crippen LogP contribution >= 0.6 is 11.3 Å². The van der Waals surface area contributed by atoms with E-state index in [2.05, 4.69) is 4.98 Å². The van der Waals surface area contributed by atoms with Gasteiger partial charge in [-0.1, -0.05) is 0 Å². The first kappa shape index (κ1) is 22.8. The number of fused-ring (bicyclic) bond motifs is 1. The fraction of sp³-hybridized carbons (Fsp3) is 0.292. The molecule has 1 aliphatic heterocycles. The molecule has 9 heteroatoms. The predicted octanol–water partition coefficient (Wildman–Crippen LogP) is 4.09. The molecule has 8 nitrogen and oxygen atoms in total. The summed E-state index contributed by atoms with van der Waals surface area (Å²) < 4.78 is 10.7. The van der Waals surface area contributed by atoms with Crippen molar-refractivity contribution < 1.29 is 34.4 Å². The zero-order valence-electron chi connectivity index (χ0n) is 18.3. The van der Waals surface area contributed by atoms with E-state index in [1.807, 2.05) is 5.38 Å². The van der Waals surface area contributed by atoms with Gasteiger partial charge >= 0.3 is 5.97 Å². The lowest BCUT2D eigenvalue weighted by molar-refractivity contribution is -0.140. The minimum Gasteiger partial charge on any atom is -0.507 e. The molecule has 0 aliphatic carbocycles. The molecule has 0 bridgehead atoms. The number of aromatic nitrogens is 1. The summed E-state index contributed by atoms with van der Waals surface area (Å²) in [5.41, 5.74) is 2.40. The highest BCUT2D eigenvalue weighted by Crippen LogP contribution is 2.50. The second-order valence-electron chi connectivity index (χ2n) is 7.89. The van der Waals surface area contributed by atoms with Gasteiger partial charge in [0.15, 0.2) is 5.78 Å². The van der Waals surface area contributed by atoms with Crippen LogP contribution in [0.3, 0.4) is 0 Å². The molecule has 0 radical (unpaired) electrons. The number of thiophene rings is 1. The van der Waals surface area contributed by atoms with E-state index in [-0.39, 0.29) is 41.2 Å². The minimum absolute atomic E-state index is 0.0230. The van der Waals surface area contributed by atoms with Crippen LogP contribution in [0.5, 0.6) is 17.2 Å². The van der Waals surface area contributed by atoms with E-state index in [4.69, 9.17) is 9.47 Å². The van der Waals surface area contributed by atoms with Gasteiger partial charge in [-0.25, -0.2) is 0 Å². The van der Waals surface area contributed by atoms with Crippen molar-refractivity contribution in [2.75, 3.05) is 7.11 Å². The van der Waals surface area contributed by atoms with E-state index < -0.39 is 29.5 Å². The Bertz CT molecular complexity index is 1240. The number of phenols is 2. The van der Waals surface area contributed by atoms with Crippen LogP contribution in [0.1, 0.15) is 69.2 Å². The second-order valence-corrected chi connectivity index (χ2v) is 8.67. The van der Waals surface area contributed by atoms with E-state index in [1.54, 1.807) is 24.6 Å². The molecule has 1 aromatic carbocycles. The number of esters is 1. The number of nitrogens with zero attached hydrogens (tertiary/aromatic N) is 1. The van der Waals surface area contributed by atoms with Crippen molar-refractivity contribution in [1.82, 2.24) is 4.98 Å². The summed E-state index contributed by atoms with van der Waals surface area (Å²) in [7, 11) is 1.26. The third-order valence-electron chi connectivity index (χ3n) is 5.92. The van der Waals surface area contributed by atoms with E-state index >= 15 is 0 Å². The number of hydrogen-bond acceptors (Lipinski definition) is 9. The molecule has 0 fully saturated rings. The highest BCUT2D eigenvalue weighted by Gasteiger charge is 2.36. The van der Waals surface area contributed by atoms with Crippen molar-refractivity contribution in [3.8, 4) is 17.2 Å². The van der Waals surface area contributed by atoms with E-state index in [1.165, 1.54) is 31.4 Å². The molecule has 172 valence electrons. The molecule has 0 amide bonds. The Morgan fingerprint density at radius 3 is 2.67 bits per heavy atom. The number of aryl methyl sites for hydroxylation is 1. The monoisotopic (exact) mass is 469 g/mol. The molecule has 4 rings (SSSR count). The maximum absolute atomic E-state index is 12.4. The largest absolute Gasteiger partial charge is 0.507 e. The molecule has 3 heterocycles. The molecule has 1 aliphatic rings. The Hall–Kier alpha value is -3.43. The summed E-state index contributed by atoms with van der Waals surface area (Å²) in [5, 5.41) is 36.7. The summed E-state index contributed by atoms with van der Waals surface area (Å²) in [6.45, 7) is 3.10. The molecule has 0 unspecified atom stereocenters. The molecular formula is C24H23NO7S. The number of ketones is 1. The first-order valence-electron chi connectivity index (χ1n) is 10.2. The molecule has 33 heavy (non-hydrogen) atoms. The number of ether oxygens (including phenoxy) is 2. The third-order valence-corrected chi connectivity index (χ3v) is 6.62. The topological polar surface area (TPSA) is 126 Å². The molecule has 0 spiro atoms. The number of carbonyl (C=O) groups excluding carboxylic acids is 2. The smallest absolute Gasteiger partial charge is 0.306 e. The van der Waals surface area contributed by atoms with Gasteiger partial charge in [0.2, 0.25) is 0 Å². The number of methoxy groups -OCH3 is 1. The van der Waals surface area contributed by atoms with Crippen LogP contribution in [0.15, 0.2) is 29.1 Å². The summed E-state index contributed by atoms with van der Waals surface area (Å²) in [6.07, 6.45) is 0.548. The first-order valence-corrected chi connectivity index (χ1v) is 11.2. The van der Waals surface area contributed by atoms with E-state index in [0.717, 1.165) is 0 Å². The van der Waals surface area contributed by atoms with Gasteiger partial charge in [0.25, 0.3) is 0 Å². The molecular weight excluding hydrogens is 446 g/mol. The number of hydrogen-bond donors (Lipinski definition) is 3. The zero-order chi connectivity index (χ0) is 23.9. The van der Waals surface area contributed by atoms with Crippen LogP contribution in [0, 0.1) is 6.92 Å². The van der Waals surface area contributed by atoms with Gasteiger partial charge in [-0.15, -0.1) is 0 Å². The molecule has 3 N–H and O–H groups in total. The van der Waals surface area contributed by atoms with Crippen molar-refractivity contribution in [3.63, 3.8) is 0 Å². The van der Waals surface area contributed by atoms with Crippen LogP contribution in [-0.4, -0.2) is 39.2 Å². The highest BCUT2D eigenvalue weighted by atomic mass is 32.1. The quantitative estimate of drug-likeness (QED) is 0.364. The van der Waals surface area contributed by atoms with Gasteiger partial charge in [-0.05, 0) is 42.3 Å². The highest BCUT2D eigenvalue weighted by molar-refractivity contribution is 7.08. The van der Waals surface area contributed by atoms with Gasteiger partial charge in [0, 0.05) is 34.4 Å². The predicted molar refractivity (Wildman–Crippen MR) is 120 cm³/mol. The van der Waals surface area contributed by atoms with E-state index in [9.17, 15) is 24.9 Å². The Kier molecular flexibility index (Phi) is 6.09. The SMILES string of the molecule is COC(=O)C[C@H](c1ccsc1)c1c(O)c(C(C)=O)cc([C@@H]2OCc3cnc(C)c(O)c32)c1O. The van der Waals surface area contributed by atoms with Crippen LogP contribution in [0.2, 0.25) is 0 Å². The van der Waals surface area contributed by atoms with Gasteiger partial charge < -0.3 is 24.8 Å². The van der Waals surface area contributed by atoms with Crippen LogP contribution in [0.4, 0.5) is 0 Å². The van der Waals surface area contributed by atoms with Gasteiger partial charge in [-0.3, -0.25) is 14.6 Å². The Morgan fingerprint density at radius 2 is 2.03 bits per heavy atom.